The molecule has 10 heteroatoms. The summed E-state index contributed by atoms with van der Waals surface area (Å²) in [6, 6.07) is 15.0. The molecule has 186 valence electrons. The van der Waals surface area contributed by atoms with E-state index in [4.69, 9.17) is 9.41 Å². The molecule has 0 fully saturated rings. The lowest BCUT2D eigenvalue weighted by Crippen LogP contribution is -2.40. The second-order valence-electron chi connectivity index (χ2n) is 8.10. The van der Waals surface area contributed by atoms with Gasteiger partial charge < -0.3 is 15.1 Å². The summed E-state index contributed by atoms with van der Waals surface area (Å²) in [5.74, 6) is 0.151. The van der Waals surface area contributed by atoms with Crippen molar-refractivity contribution in [1.82, 2.24) is 15.6 Å². The van der Waals surface area contributed by atoms with Crippen LogP contribution < -0.4 is 16.0 Å². The average Bonchev–Trinajstić information content (AvgIpc) is 3.28. The fraction of sp³-hybridized carbons (Fsp3) is 0.231. The molecule has 1 aliphatic rings. The van der Waals surface area contributed by atoms with Gasteiger partial charge in [0.15, 0.2) is 10.8 Å². The summed E-state index contributed by atoms with van der Waals surface area (Å²) in [4.78, 5) is 27.1. The number of para-hydroxylation sites is 2. The van der Waals surface area contributed by atoms with Crippen molar-refractivity contribution in [2.24, 2.45) is 9.98 Å². The molecule has 0 saturated carbocycles. The molecule has 0 saturated heterocycles. The second-order valence-corrected chi connectivity index (χ2v) is 9.81. The number of allylic oxidation sites excluding steroid dienone is 2. The van der Waals surface area contributed by atoms with Crippen LogP contribution in [0.5, 0.6) is 0 Å². The van der Waals surface area contributed by atoms with E-state index in [1.807, 2.05) is 67.8 Å². The number of nitrogens with one attached hydrogen (secondary N) is 3. The van der Waals surface area contributed by atoms with E-state index in [0.29, 0.717) is 34.0 Å². The van der Waals surface area contributed by atoms with E-state index in [1.165, 1.54) is 17.3 Å². The predicted molar refractivity (Wildman–Crippen MR) is 151 cm³/mol. The number of halogens is 1. The van der Waals surface area contributed by atoms with E-state index in [0.717, 1.165) is 22.0 Å². The number of benzene rings is 2. The first kappa shape index (κ1) is 25.7. The summed E-state index contributed by atoms with van der Waals surface area (Å²) < 4.78 is 6.64. The van der Waals surface area contributed by atoms with Crippen molar-refractivity contribution < 1.29 is 9.21 Å². The number of carbonyl (C=O) groups excluding carboxylic acids is 1. The zero-order chi connectivity index (χ0) is 25.7. The number of guanidine groups is 1. The van der Waals surface area contributed by atoms with Gasteiger partial charge in [-0.15, -0.1) is 0 Å². The first-order valence-electron chi connectivity index (χ1n) is 11.4. The SMILES string of the molecule is CC/C(C)=C/S/C(=N\C)NC(=O)C1=C(C)NC(Nc2nc3ccccc3o2)=NC1c1ccccc1Br. The van der Waals surface area contributed by atoms with Crippen molar-refractivity contribution >= 4 is 61.8 Å². The van der Waals surface area contributed by atoms with Gasteiger partial charge in [0, 0.05) is 17.2 Å². The zero-order valence-corrected chi connectivity index (χ0v) is 22.8. The molecule has 1 aliphatic heterocycles. The van der Waals surface area contributed by atoms with E-state index >= 15 is 0 Å². The van der Waals surface area contributed by atoms with Gasteiger partial charge >= 0.3 is 6.01 Å². The minimum absolute atomic E-state index is 0.277. The maximum absolute atomic E-state index is 13.5. The molecule has 8 nitrogen and oxygen atoms in total. The summed E-state index contributed by atoms with van der Waals surface area (Å²) in [5.41, 5.74) is 4.61. The number of aromatic nitrogens is 1. The van der Waals surface area contributed by atoms with Crippen molar-refractivity contribution in [2.75, 3.05) is 12.4 Å². The molecule has 2 heterocycles. The Morgan fingerprint density at radius 3 is 2.72 bits per heavy atom. The highest BCUT2D eigenvalue weighted by Gasteiger charge is 2.31. The molecule has 4 rings (SSSR count). The minimum atomic E-state index is -0.579. The van der Waals surface area contributed by atoms with Crippen molar-refractivity contribution in [1.29, 1.82) is 0 Å². The molecule has 0 spiro atoms. The maximum atomic E-state index is 13.5. The van der Waals surface area contributed by atoms with Gasteiger partial charge in [0.2, 0.25) is 5.96 Å². The Kier molecular flexibility index (Phi) is 8.27. The number of thioether (sulfide) groups is 1. The van der Waals surface area contributed by atoms with Crippen molar-refractivity contribution in [3.63, 3.8) is 0 Å². The Labute approximate surface area is 222 Å². The molecule has 3 aromatic rings. The average molecular weight is 568 g/mol. The first-order chi connectivity index (χ1) is 17.4. The Bertz CT molecular complexity index is 1380. The number of anilines is 1. The van der Waals surface area contributed by atoms with Gasteiger partial charge in [-0.3, -0.25) is 15.1 Å². The Hall–Kier alpha value is -3.37. The molecule has 0 aliphatic carbocycles. The summed E-state index contributed by atoms with van der Waals surface area (Å²) in [6.07, 6.45) is 0.931. The van der Waals surface area contributed by atoms with Gasteiger partial charge in [-0.2, -0.15) is 4.98 Å². The monoisotopic (exact) mass is 566 g/mol. The largest absolute Gasteiger partial charge is 0.423 e. The van der Waals surface area contributed by atoms with Crippen molar-refractivity contribution in [3.05, 3.63) is 80.8 Å². The van der Waals surface area contributed by atoms with Crippen molar-refractivity contribution in [3.8, 4) is 0 Å². The summed E-state index contributed by atoms with van der Waals surface area (Å²) in [5, 5.41) is 11.8. The van der Waals surface area contributed by atoms with Crippen LogP contribution in [0.2, 0.25) is 0 Å². The molecule has 1 atom stereocenters. The number of amides is 1. The molecule has 0 radical (unpaired) electrons. The van der Waals surface area contributed by atoms with Crippen LogP contribution in [-0.4, -0.2) is 29.1 Å². The predicted octanol–water partition coefficient (Wildman–Crippen LogP) is 6.13. The third kappa shape index (κ3) is 5.88. The lowest BCUT2D eigenvalue weighted by atomic mass is 9.96. The van der Waals surface area contributed by atoms with E-state index in [2.05, 4.69) is 48.8 Å². The number of hydrogen-bond acceptors (Lipinski definition) is 8. The molecule has 2 aromatic carbocycles. The van der Waals surface area contributed by atoms with Crippen LogP contribution in [0.15, 0.2) is 89.7 Å². The van der Waals surface area contributed by atoms with Gasteiger partial charge in [-0.25, -0.2) is 4.99 Å². The summed E-state index contributed by atoms with van der Waals surface area (Å²) >= 11 is 5.01. The van der Waals surface area contributed by atoms with Crippen LogP contribution in [0.4, 0.5) is 6.01 Å². The van der Waals surface area contributed by atoms with Crippen LogP contribution >= 0.6 is 27.7 Å². The van der Waals surface area contributed by atoms with E-state index in [-0.39, 0.29) is 5.91 Å². The van der Waals surface area contributed by atoms with Crippen LogP contribution in [0.3, 0.4) is 0 Å². The highest BCUT2D eigenvalue weighted by molar-refractivity contribution is 9.10. The lowest BCUT2D eigenvalue weighted by Gasteiger charge is -2.27. The third-order valence-corrected chi connectivity index (χ3v) is 7.31. The van der Waals surface area contributed by atoms with Crippen LogP contribution in [0.25, 0.3) is 11.1 Å². The summed E-state index contributed by atoms with van der Waals surface area (Å²) in [6.45, 7) is 5.98. The lowest BCUT2D eigenvalue weighted by molar-refractivity contribution is -0.116. The van der Waals surface area contributed by atoms with Crippen LogP contribution in [-0.2, 0) is 4.79 Å². The zero-order valence-electron chi connectivity index (χ0n) is 20.4. The van der Waals surface area contributed by atoms with E-state index < -0.39 is 6.04 Å². The number of oxazole rings is 1. The molecule has 1 aromatic heterocycles. The number of fused-ring (bicyclic) bond motifs is 1. The molecule has 1 amide bonds. The Morgan fingerprint density at radius 2 is 2.00 bits per heavy atom. The number of aliphatic imine (C=N–C) groups is 2. The maximum Gasteiger partial charge on any atom is 0.302 e. The van der Waals surface area contributed by atoms with E-state index in [1.54, 1.807) is 7.05 Å². The fourth-order valence-electron chi connectivity index (χ4n) is 3.53. The second kappa shape index (κ2) is 11.6. The fourth-order valence-corrected chi connectivity index (χ4v) is 4.76. The minimum Gasteiger partial charge on any atom is -0.423 e. The number of carbonyl (C=O) groups is 1. The third-order valence-electron chi connectivity index (χ3n) is 5.56. The van der Waals surface area contributed by atoms with Gasteiger partial charge in [-0.05, 0) is 49.4 Å². The summed E-state index contributed by atoms with van der Waals surface area (Å²) in [7, 11) is 1.66. The Morgan fingerprint density at radius 1 is 1.25 bits per heavy atom. The molecular weight excluding hydrogens is 540 g/mol. The molecule has 3 N–H and O–H groups in total. The molecule has 36 heavy (non-hydrogen) atoms. The van der Waals surface area contributed by atoms with Gasteiger partial charge in [-0.1, -0.05) is 70.5 Å². The number of hydrogen-bond donors (Lipinski definition) is 3. The van der Waals surface area contributed by atoms with Gasteiger partial charge in [0.1, 0.15) is 11.6 Å². The van der Waals surface area contributed by atoms with Crippen LogP contribution in [0, 0.1) is 0 Å². The smallest absolute Gasteiger partial charge is 0.302 e. The first-order valence-corrected chi connectivity index (χ1v) is 13.1. The van der Waals surface area contributed by atoms with Crippen molar-refractivity contribution in [2.45, 2.75) is 33.2 Å². The number of amidine groups is 1. The Balaban J connectivity index is 1.64. The normalized spacial score (nSPS) is 16.6. The highest BCUT2D eigenvalue weighted by atomic mass is 79.9. The quantitative estimate of drug-likeness (QED) is 0.253. The van der Waals surface area contributed by atoms with Gasteiger partial charge in [0.25, 0.3) is 5.91 Å². The standard InChI is InChI=1S/C26H27BrN6O2S/c1-5-15(2)14-36-26(28-4)32-23(34)21-16(3)29-24(31-22(21)17-10-6-7-11-18(17)27)33-25-30-19-12-8-9-13-20(19)35-25/h6-14,22H,5H2,1-4H3,(H,28,32,34)(H2,29,30,31,33)/b15-14+. The van der Waals surface area contributed by atoms with Gasteiger partial charge in [0.05, 0.1) is 5.57 Å². The molecule has 1 unspecified atom stereocenters. The molecular formula is C26H27BrN6O2S. The number of rotatable bonds is 5. The van der Waals surface area contributed by atoms with E-state index in [9.17, 15) is 4.79 Å². The van der Waals surface area contributed by atoms with Crippen LogP contribution in [0.1, 0.15) is 38.8 Å². The topological polar surface area (TPSA) is 104 Å². The molecule has 0 bridgehead atoms. The number of nitrogens with zero attached hydrogens (tertiary/aromatic N) is 3. The highest BCUT2D eigenvalue weighted by Crippen LogP contribution is 2.35.